The molecule has 1 heterocycles. The zero-order chi connectivity index (χ0) is 12.8. The first kappa shape index (κ1) is 14.9. The topological polar surface area (TPSA) is 32.5 Å². The summed E-state index contributed by atoms with van der Waals surface area (Å²) < 4.78 is 0. The van der Waals surface area contributed by atoms with Gasteiger partial charge in [0.1, 0.15) is 0 Å². The van der Waals surface area contributed by atoms with Crippen LogP contribution in [0, 0.1) is 5.92 Å². The van der Waals surface area contributed by atoms with Gasteiger partial charge < -0.3 is 10.6 Å². The highest BCUT2D eigenvalue weighted by molar-refractivity contribution is 4.77. The van der Waals surface area contributed by atoms with Crippen LogP contribution in [0.1, 0.15) is 40.5 Å². The molecular weight excluding hydrogens is 210 g/mol. The molecule has 0 aromatic carbocycles. The van der Waals surface area contributed by atoms with Crippen molar-refractivity contribution in [1.29, 1.82) is 0 Å². The maximum absolute atomic E-state index is 6.09. The normalized spacial score (nSPS) is 22.9. The summed E-state index contributed by atoms with van der Waals surface area (Å²) in [5.41, 5.74) is 6.09. The van der Waals surface area contributed by atoms with E-state index in [-0.39, 0.29) is 0 Å². The third-order valence-corrected chi connectivity index (χ3v) is 4.26. The van der Waals surface area contributed by atoms with Crippen molar-refractivity contribution >= 4 is 0 Å². The molecule has 2 atom stereocenters. The largest absolute Gasteiger partial charge is 0.327 e. The molecule has 0 aromatic heterocycles. The highest BCUT2D eigenvalue weighted by atomic mass is 15.3. The van der Waals surface area contributed by atoms with Gasteiger partial charge in [-0.05, 0) is 32.2 Å². The van der Waals surface area contributed by atoms with E-state index < -0.39 is 0 Å². The fourth-order valence-corrected chi connectivity index (χ4v) is 2.35. The Balaban J connectivity index is 2.19. The maximum atomic E-state index is 6.09. The van der Waals surface area contributed by atoms with E-state index >= 15 is 0 Å². The molecule has 1 aliphatic rings. The monoisotopic (exact) mass is 241 g/mol. The summed E-state index contributed by atoms with van der Waals surface area (Å²) in [4.78, 5) is 5.18. The number of piperazine rings is 1. The molecule has 0 amide bonds. The molecule has 0 spiro atoms. The molecule has 3 nitrogen and oxygen atoms in total. The Morgan fingerprint density at radius 1 is 1.06 bits per heavy atom. The first-order valence-electron chi connectivity index (χ1n) is 7.26. The Hall–Kier alpha value is -0.120. The molecule has 0 bridgehead atoms. The van der Waals surface area contributed by atoms with Gasteiger partial charge in [-0.15, -0.1) is 0 Å². The molecule has 0 saturated carbocycles. The van der Waals surface area contributed by atoms with E-state index in [1.54, 1.807) is 0 Å². The summed E-state index contributed by atoms with van der Waals surface area (Å²) in [5.74, 6) is 0.608. The van der Waals surface area contributed by atoms with Crippen LogP contribution in [0.5, 0.6) is 0 Å². The standard InChI is InChI=1S/C14H31N3/c1-5-13(4)17-10-8-16(9-11-17)7-6-14(15)12(2)3/h12-14H,5-11,15H2,1-4H3. The first-order chi connectivity index (χ1) is 8.04. The van der Waals surface area contributed by atoms with Crippen LogP contribution >= 0.6 is 0 Å². The van der Waals surface area contributed by atoms with Gasteiger partial charge in [0, 0.05) is 38.3 Å². The van der Waals surface area contributed by atoms with E-state index in [0.717, 1.165) is 12.5 Å². The van der Waals surface area contributed by atoms with Crippen LogP contribution in [0.2, 0.25) is 0 Å². The molecular formula is C14H31N3. The van der Waals surface area contributed by atoms with Gasteiger partial charge in [0.05, 0.1) is 0 Å². The van der Waals surface area contributed by atoms with Gasteiger partial charge in [-0.25, -0.2) is 0 Å². The van der Waals surface area contributed by atoms with Crippen LogP contribution < -0.4 is 5.73 Å². The third-order valence-electron chi connectivity index (χ3n) is 4.26. The summed E-state index contributed by atoms with van der Waals surface area (Å²) >= 11 is 0. The van der Waals surface area contributed by atoms with E-state index in [2.05, 4.69) is 37.5 Å². The van der Waals surface area contributed by atoms with Crippen LogP contribution in [0.25, 0.3) is 0 Å². The first-order valence-corrected chi connectivity index (χ1v) is 7.26. The molecule has 1 rings (SSSR count). The number of nitrogens with zero attached hydrogens (tertiary/aromatic N) is 2. The van der Waals surface area contributed by atoms with Crippen molar-refractivity contribution in [3.8, 4) is 0 Å². The number of hydrogen-bond donors (Lipinski definition) is 1. The van der Waals surface area contributed by atoms with Crippen LogP contribution in [0.4, 0.5) is 0 Å². The Morgan fingerprint density at radius 2 is 1.65 bits per heavy atom. The highest BCUT2D eigenvalue weighted by Crippen LogP contribution is 2.10. The van der Waals surface area contributed by atoms with E-state index in [1.165, 1.54) is 39.1 Å². The van der Waals surface area contributed by atoms with Gasteiger partial charge in [-0.1, -0.05) is 20.8 Å². The molecule has 102 valence electrons. The summed E-state index contributed by atoms with van der Waals surface area (Å²) in [7, 11) is 0. The van der Waals surface area contributed by atoms with Crippen molar-refractivity contribution < 1.29 is 0 Å². The van der Waals surface area contributed by atoms with E-state index in [9.17, 15) is 0 Å². The Labute approximate surface area is 107 Å². The minimum atomic E-state index is 0.364. The van der Waals surface area contributed by atoms with Gasteiger partial charge in [0.25, 0.3) is 0 Å². The summed E-state index contributed by atoms with van der Waals surface area (Å²) in [6, 6.07) is 1.11. The summed E-state index contributed by atoms with van der Waals surface area (Å²) in [6.07, 6.45) is 2.40. The fraction of sp³-hybridized carbons (Fsp3) is 1.00. The molecule has 0 radical (unpaired) electrons. The number of nitrogens with two attached hydrogens (primary N) is 1. The van der Waals surface area contributed by atoms with Crippen molar-refractivity contribution in [2.45, 2.75) is 52.6 Å². The van der Waals surface area contributed by atoms with Gasteiger partial charge >= 0.3 is 0 Å². The van der Waals surface area contributed by atoms with Crippen LogP contribution in [-0.2, 0) is 0 Å². The Bertz CT molecular complexity index is 198. The number of rotatable bonds is 6. The molecule has 17 heavy (non-hydrogen) atoms. The average molecular weight is 241 g/mol. The van der Waals surface area contributed by atoms with Crippen LogP contribution in [0.15, 0.2) is 0 Å². The quantitative estimate of drug-likeness (QED) is 0.769. The van der Waals surface area contributed by atoms with E-state index in [1.807, 2.05) is 0 Å². The predicted molar refractivity (Wildman–Crippen MR) is 75.2 cm³/mol. The third kappa shape index (κ3) is 4.94. The zero-order valence-corrected chi connectivity index (χ0v) is 12.2. The molecule has 1 fully saturated rings. The molecule has 1 saturated heterocycles. The summed E-state index contributed by atoms with van der Waals surface area (Å²) in [6.45, 7) is 15.1. The maximum Gasteiger partial charge on any atom is 0.0113 e. The van der Waals surface area contributed by atoms with Gasteiger partial charge in [-0.2, -0.15) is 0 Å². The minimum absolute atomic E-state index is 0.364. The van der Waals surface area contributed by atoms with E-state index in [4.69, 9.17) is 5.73 Å². The minimum Gasteiger partial charge on any atom is -0.327 e. The lowest BCUT2D eigenvalue weighted by molar-refractivity contribution is 0.0977. The lowest BCUT2D eigenvalue weighted by Gasteiger charge is -2.38. The van der Waals surface area contributed by atoms with Gasteiger partial charge in [0.15, 0.2) is 0 Å². The molecule has 3 heteroatoms. The average Bonchev–Trinajstić information content (AvgIpc) is 2.35. The summed E-state index contributed by atoms with van der Waals surface area (Å²) in [5, 5.41) is 0. The predicted octanol–water partition coefficient (Wildman–Crippen LogP) is 1.78. The van der Waals surface area contributed by atoms with E-state index in [0.29, 0.717) is 12.0 Å². The zero-order valence-electron chi connectivity index (χ0n) is 12.2. The molecule has 2 unspecified atom stereocenters. The molecule has 0 aromatic rings. The lowest BCUT2D eigenvalue weighted by Crippen LogP contribution is -2.50. The van der Waals surface area contributed by atoms with Crippen molar-refractivity contribution in [3.63, 3.8) is 0 Å². The molecule has 0 aliphatic carbocycles. The molecule has 2 N–H and O–H groups in total. The Morgan fingerprint density at radius 3 is 2.12 bits per heavy atom. The smallest absolute Gasteiger partial charge is 0.0113 e. The van der Waals surface area contributed by atoms with Crippen LogP contribution in [0.3, 0.4) is 0 Å². The van der Waals surface area contributed by atoms with Crippen LogP contribution in [-0.4, -0.2) is 54.6 Å². The second-order valence-corrected chi connectivity index (χ2v) is 5.83. The second-order valence-electron chi connectivity index (χ2n) is 5.83. The SMILES string of the molecule is CCC(C)N1CCN(CCC(N)C(C)C)CC1. The van der Waals surface area contributed by atoms with Crippen molar-refractivity contribution in [1.82, 2.24) is 9.80 Å². The van der Waals surface area contributed by atoms with Gasteiger partial charge in [-0.3, -0.25) is 4.90 Å². The van der Waals surface area contributed by atoms with Crippen molar-refractivity contribution in [2.24, 2.45) is 11.7 Å². The van der Waals surface area contributed by atoms with Crippen molar-refractivity contribution in [3.05, 3.63) is 0 Å². The highest BCUT2D eigenvalue weighted by Gasteiger charge is 2.20. The lowest BCUT2D eigenvalue weighted by atomic mass is 10.0. The Kier molecular flexibility index (Phi) is 6.45. The number of hydrogen-bond acceptors (Lipinski definition) is 3. The molecule has 1 aliphatic heterocycles. The van der Waals surface area contributed by atoms with Gasteiger partial charge in [0.2, 0.25) is 0 Å². The fourth-order valence-electron chi connectivity index (χ4n) is 2.35. The second kappa shape index (κ2) is 7.34. The van der Waals surface area contributed by atoms with Crippen molar-refractivity contribution in [2.75, 3.05) is 32.7 Å².